The first-order valence-electron chi connectivity index (χ1n) is 6.58. The summed E-state index contributed by atoms with van der Waals surface area (Å²) in [5.41, 5.74) is 1.69. The molecule has 0 radical (unpaired) electrons. The van der Waals surface area contributed by atoms with E-state index >= 15 is 0 Å². The minimum absolute atomic E-state index is 0.0185. The standard InChI is InChI=1S/C13H12N6OS/c20-12-7-18(5-4-14-12)11-2-1-10-15-16-13(19(10)17-11)9-3-6-21-8-9/h1-3,6,8H,4-5,7H2,(H,14,20). The zero-order chi connectivity index (χ0) is 14.2. The molecule has 1 N–H and O–H groups in total. The second-order valence-electron chi connectivity index (χ2n) is 4.77. The molecule has 8 heteroatoms. The van der Waals surface area contributed by atoms with Crippen molar-refractivity contribution < 1.29 is 4.79 Å². The van der Waals surface area contributed by atoms with E-state index in [1.54, 1.807) is 15.9 Å². The molecule has 4 heterocycles. The van der Waals surface area contributed by atoms with Crippen LogP contribution in [0.15, 0.2) is 29.0 Å². The van der Waals surface area contributed by atoms with E-state index in [4.69, 9.17) is 0 Å². The van der Waals surface area contributed by atoms with Crippen molar-refractivity contribution in [2.75, 3.05) is 24.5 Å². The molecule has 4 rings (SSSR count). The van der Waals surface area contributed by atoms with Gasteiger partial charge in [-0.15, -0.1) is 15.3 Å². The number of piperazine rings is 1. The number of nitrogens with one attached hydrogen (secondary N) is 1. The second-order valence-corrected chi connectivity index (χ2v) is 5.55. The van der Waals surface area contributed by atoms with Gasteiger partial charge in [-0.1, -0.05) is 0 Å². The summed E-state index contributed by atoms with van der Waals surface area (Å²) in [6.07, 6.45) is 0. The number of thiophene rings is 1. The normalized spacial score (nSPS) is 15.4. The first-order valence-corrected chi connectivity index (χ1v) is 7.52. The molecule has 21 heavy (non-hydrogen) atoms. The number of rotatable bonds is 2. The number of carbonyl (C=O) groups is 1. The molecule has 1 aliphatic rings. The van der Waals surface area contributed by atoms with Crippen molar-refractivity contribution >= 4 is 28.7 Å². The molecule has 0 aromatic carbocycles. The lowest BCUT2D eigenvalue weighted by Gasteiger charge is -2.27. The molecular weight excluding hydrogens is 288 g/mol. The average Bonchev–Trinajstić information content (AvgIpc) is 3.15. The van der Waals surface area contributed by atoms with Crippen LogP contribution in [-0.2, 0) is 4.79 Å². The molecule has 0 atom stereocenters. The Balaban J connectivity index is 1.78. The molecule has 0 unspecified atom stereocenters. The molecule has 7 nitrogen and oxygen atoms in total. The third kappa shape index (κ3) is 2.13. The molecule has 1 fully saturated rings. The molecule has 3 aromatic rings. The van der Waals surface area contributed by atoms with Gasteiger partial charge in [-0.25, -0.2) is 0 Å². The molecule has 3 aromatic heterocycles. The Morgan fingerprint density at radius 1 is 1.24 bits per heavy atom. The van der Waals surface area contributed by atoms with Gasteiger partial charge in [0.05, 0.1) is 6.54 Å². The molecule has 0 spiro atoms. The van der Waals surface area contributed by atoms with Crippen LogP contribution in [0.2, 0.25) is 0 Å². The summed E-state index contributed by atoms with van der Waals surface area (Å²) in [6, 6.07) is 5.74. The number of hydrogen-bond donors (Lipinski definition) is 1. The number of nitrogens with zero attached hydrogens (tertiary/aromatic N) is 5. The van der Waals surface area contributed by atoms with Crippen molar-refractivity contribution in [2.45, 2.75) is 0 Å². The second kappa shape index (κ2) is 4.81. The van der Waals surface area contributed by atoms with Gasteiger partial charge in [0, 0.05) is 24.0 Å². The van der Waals surface area contributed by atoms with Crippen LogP contribution >= 0.6 is 11.3 Å². The fourth-order valence-corrected chi connectivity index (χ4v) is 2.99. The number of anilines is 1. The monoisotopic (exact) mass is 300 g/mol. The topological polar surface area (TPSA) is 75.4 Å². The Morgan fingerprint density at radius 2 is 2.19 bits per heavy atom. The van der Waals surface area contributed by atoms with E-state index in [9.17, 15) is 4.79 Å². The van der Waals surface area contributed by atoms with Gasteiger partial charge < -0.3 is 10.2 Å². The number of hydrogen-bond acceptors (Lipinski definition) is 6. The van der Waals surface area contributed by atoms with Gasteiger partial charge in [0.1, 0.15) is 5.82 Å². The van der Waals surface area contributed by atoms with Crippen molar-refractivity contribution in [2.24, 2.45) is 0 Å². The molecule has 106 valence electrons. The minimum atomic E-state index is 0.0185. The first kappa shape index (κ1) is 12.3. The summed E-state index contributed by atoms with van der Waals surface area (Å²) in [4.78, 5) is 13.5. The van der Waals surface area contributed by atoms with Gasteiger partial charge in [0.2, 0.25) is 5.91 Å². The summed E-state index contributed by atoms with van der Waals surface area (Å²) >= 11 is 1.61. The highest BCUT2D eigenvalue weighted by Crippen LogP contribution is 2.21. The third-order valence-corrected chi connectivity index (χ3v) is 4.07. The van der Waals surface area contributed by atoms with E-state index in [2.05, 4.69) is 20.6 Å². The molecule has 1 amide bonds. The summed E-state index contributed by atoms with van der Waals surface area (Å²) in [6.45, 7) is 1.71. The van der Waals surface area contributed by atoms with E-state index in [-0.39, 0.29) is 5.91 Å². The number of aromatic nitrogens is 4. The zero-order valence-corrected chi connectivity index (χ0v) is 11.9. The Bertz CT molecular complexity index is 796. The van der Waals surface area contributed by atoms with Crippen LogP contribution in [0.25, 0.3) is 17.0 Å². The van der Waals surface area contributed by atoms with Gasteiger partial charge >= 0.3 is 0 Å². The third-order valence-electron chi connectivity index (χ3n) is 3.39. The van der Waals surface area contributed by atoms with Gasteiger partial charge in [-0.2, -0.15) is 15.9 Å². The van der Waals surface area contributed by atoms with E-state index < -0.39 is 0 Å². The summed E-state index contributed by atoms with van der Waals surface area (Å²) in [5.74, 6) is 1.49. The van der Waals surface area contributed by atoms with Crippen LogP contribution < -0.4 is 10.2 Å². The molecule has 1 aliphatic heterocycles. The maximum atomic E-state index is 11.5. The Morgan fingerprint density at radius 3 is 3.00 bits per heavy atom. The van der Waals surface area contributed by atoms with E-state index in [0.717, 1.165) is 23.8 Å². The largest absolute Gasteiger partial charge is 0.353 e. The molecular formula is C13H12N6OS. The molecule has 0 bridgehead atoms. The van der Waals surface area contributed by atoms with Gasteiger partial charge in [0.15, 0.2) is 11.5 Å². The summed E-state index contributed by atoms with van der Waals surface area (Å²) in [7, 11) is 0. The van der Waals surface area contributed by atoms with E-state index in [0.29, 0.717) is 18.7 Å². The first-order chi connectivity index (χ1) is 10.3. The SMILES string of the molecule is O=C1CN(c2ccc3nnc(-c4ccsc4)n3n2)CCN1. The van der Waals surface area contributed by atoms with Crippen molar-refractivity contribution in [3.63, 3.8) is 0 Å². The van der Waals surface area contributed by atoms with Gasteiger partial charge in [-0.3, -0.25) is 4.79 Å². The van der Waals surface area contributed by atoms with Crippen molar-refractivity contribution in [1.82, 2.24) is 25.1 Å². The van der Waals surface area contributed by atoms with E-state index in [1.807, 2.05) is 33.9 Å². The number of carbonyl (C=O) groups excluding carboxylic acids is 1. The smallest absolute Gasteiger partial charge is 0.239 e. The maximum Gasteiger partial charge on any atom is 0.239 e. The van der Waals surface area contributed by atoms with Crippen molar-refractivity contribution in [1.29, 1.82) is 0 Å². The molecule has 1 saturated heterocycles. The van der Waals surface area contributed by atoms with Crippen molar-refractivity contribution in [3.8, 4) is 11.4 Å². The Hall–Kier alpha value is -2.48. The fourth-order valence-electron chi connectivity index (χ4n) is 2.35. The van der Waals surface area contributed by atoms with Crippen LogP contribution in [0.4, 0.5) is 5.82 Å². The minimum Gasteiger partial charge on any atom is -0.353 e. The lowest BCUT2D eigenvalue weighted by Crippen LogP contribution is -2.48. The highest BCUT2D eigenvalue weighted by atomic mass is 32.1. The molecule has 0 aliphatic carbocycles. The van der Waals surface area contributed by atoms with Gasteiger partial charge in [0.25, 0.3) is 0 Å². The van der Waals surface area contributed by atoms with Crippen LogP contribution in [0, 0.1) is 0 Å². The predicted molar refractivity (Wildman–Crippen MR) is 79.3 cm³/mol. The number of amides is 1. The van der Waals surface area contributed by atoms with Crippen LogP contribution in [0.1, 0.15) is 0 Å². The van der Waals surface area contributed by atoms with E-state index in [1.165, 1.54) is 0 Å². The van der Waals surface area contributed by atoms with Crippen LogP contribution in [0.5, 0.6) is 0 Å². The summed E-state index contributed by atoms with van der Waals surface area (Å²) in [5, 5.41) is 19.7. The number of fused-ring (bicyclic) bond motifs is 1. The Kier molecular flexibility index (Phi) is 2.81. The van der Waals surface area contributed by atoms with Crippen molar-refractivity contribution in [3.05, 3.63) is 29.0 Å². The van der Waals surface area contributed by atoms with Crippen LogP contribution in [0.3, 0.4) is 0 Å². The summed E-state index contributed by atoms with van der Waals surface area (Å²) < 4.78 is 1.73. The maximum absolute atomic E-state index is 11.5. The Labute approximate surface area is 124 Å². The lowest BCUT2D eigenvalue weighted by molar-refractivity contribution is -0.120. The van der Waals surface area contributed by atoms with Gasteiger partial charge in [-0.05, 0) is 23.6 Å². The lowest BCUT2D eigenvalue weighted by atomic mass is 10.3. The highest BCUT2D eigenvalue weighted by Gasteiger charge is 2.19. The predicted octanol–water partition coefficient (Wildman–Crippen LogP) is 0.789. The highest BCUT2D eigenvalue weighted by molar-refractivity contribution is 7.08. The molecule has 0 saturated carbocycles. The zero-order valence-electron chi connectivity index (χ0n) is 11.1. The van der Waals surface area contributed by atoms with Crippen LogP contribution in [-0.4, -0.2) is 45.4 Å². The quantitative estimate of drug-likeness (QED) is 0.757. The average molecular weight is 300 g/mol. The fraction of sp³-hybridized carbons (Fsp3) is 0.231.